The molecule has 0 saturated carbocycles. The second-order valence-electron chi connectivity index (χ2n) is 3.88. The SMILES string of the molecule is Clc1cc(Cl)c2nc(-c3ccc(I)cc3)[nH]c2c1. The number of hydrogen-bond donors (Lipinski definition) is 1. The summed E-state index contributed by atoms with van der Waals surface area (Å²) in [5.74, 6) is 0.797. The average molecular weight is 389 g/mol. The van der Waals surface area contributed by atoms with E-state index in [4.69, 9.17) is 23.2 Å². The lowest BCUT2D eigenvalue weighted by Crippen LogP contribution is -1.80. The Balaban J connectivity index is 2.19. The first-order valence-electron chi connectivity index (χ1n) is 5.24. The Bertz CT molecular complexity index is 720. The Morgan fingerprint density at radius 3 is 2.50 bits per heavy atom. The highest BCUT2D eigenvalue weighted by Crippen LogP contribution is 2.29. The van der Waals surface area contributed by atoms with Crippen molar-refractivity contribution < 1.29 is 0 Å². The quantitative estimate of drug-likeness (QED) is 0.574. The zero-order valence-electron chi connectivity index (χ0n) is 9.05. The number of halogens is 3. The van der Waals surface area contributed by atoms with E-state index in [1.165, 1.54) is 3.57 Å². The number of aromatic amines is 1. The third kappa shape index (κ3) is 2.22. The Hall–Kier alpha value is -0.780. The predicted molar refractivity (Wildman–Crippen MR) is 84.3 cm³/mol. The van der Waals surface area contributed by atoms with Gasteiger partial charge in [-0.25, -0.2) is 4.98 Å². The van der Waals surface area contributed by atoms with E-state index in [0.29, 0.717) is 10.0 Å². The van der Waals surface area contributed by atoms with Crippen LogP contribution in [0, 0.1) is 3.57 Å². The summed E-state index contributed by atoms with van der Waals surface area (Å²) < 4.78 is 1.19. The molecule has 0 unspecified atom stereocenters. The predicted octanol–water partition coefficient (Wildman–Crippen LogP) is 5.14. The highest BCUT2D eigenvalue weighted by molar-refractivity contribution is 14.1. The van der Waals surface area contributed by atoms with Gasteiger partial charge in [0.1, 0.15) is 11.3 Å². The lowest BCUT2D eigenvalue weighted by atomic mass is 10.2. The van der Waals surface area contributed by atoms with E-state index in [2.05, 4.69) is 32.6 Å². The molecule has 0 aliphatic carbocycles. The van der Waals surface area contributed by atoms with Gasteiger partial charge in [0.05, 0.1) is 10.5 Å². The first-order chi connectivity index (χ1) is 8.63. The van der Waals surface area contributed by atoms with Crippen molar-refractivity contribution in [2.45, 2.75) is 0 Å². The van der Waals surface area contributed by atoms with E-state index in [1.807, 2.05) is 30.3 Å². The monoisotopic (exact) mass is 388 g/mol. The number of imidazole rings is 1. The summed E-state index contributed by atoms with van der Waals surface area (Å²) >= 11 is 14.4. The van der Waals surface area contributed by atoms with Gasteiger partial charge in [-0.3, -0.25) is 0 Å². The molecular weight excluding hydrogens is 382 g/mol. The normalized spacial score (nSPS) is 11.1. The largest absolute Gasteiger partial charge is 0.338 e. The van der Waals surface area contributed by atoms with Crippen LogP contribution in [-0.2, 0) is 0 Å². The molecule has 2 nitrogen and oxygen atoms in total. The van der Waals surface area contributed by atoms with Crippen molar-refractivity contribution in [3.8, 4) is 11.4 Å². The summed E-state index contributed by atoms with van der Waals surface area (Å²) in [6.45, 7) is 0. The maximum Gasteiger partial charge on any atom is 0.138 e. The minimum absolute atomic E-state index is 0.561. The molecule has 0 saturated heterocycles. The smallest absolute Gasteiger partial charge is 0.138 e. The van der Waals surface area contributed by atoms with Crippen molar-refractivity contribution in [2.75, 3.05) is 0 Å². The third-order valence-electron chi connectivity index (χ3n) is 2.62. The first-order valence-corrected chi connectivity index (χ1v) is 7.07. The molecule has 1 N–H and O–H groups in total. The van der Waals surface area contributed by atoms with Gasteiger partial charge in [0, 0.05) is 14.2 Å². The van der Waals surface area contributed by atoms with Gasteiger partial charge in [-0.15, -0.1) is 0 Å². The van der Waals surface area contributed by atoms with Gasteiger partial charge in [0.15, 0.2) is 0 Å². The van der Waals surface area contributed by atoms with E-state index >= 15 is 0 Å². The zero-order chi connectivity index (χ0) is 12.7. The van der Waals surface area contributed by atoms with Crippen LogP contribution in [0.1, 0.15) is 0 Å². The van der Waals surface area contributed by atoms with Gasteiger partial charge in [0.25, 0.3) is 0 Å². The van der Waals surface area contributed by atoms with E-state index < -0.39 is 0 Å². The molecule has 0 bridgehead atoms. The maximum atomic E-state index is 6.12. The lowest BCUT2D eigenvalue weighted by molar-refractivity contribution is 1.33. The molecule has 0 atom stereocenters. The summed E-state index contributed by atoms with van der Waals surface area (Å²) in [6.07, 6.45) is 0. The number of hydrogen-bond acceptors (Lipinski definition) is 1. The van der Waals surface area contributed by atoms with Gasteiger partial charge >= 0.3 is 0 Å². The average Bonchev–Trinajstić information content (AvgIpc) is 2.74. The van der Waals surface area contributed by atoms with Crippen molar-refractivity contribution in [3.63, 3.8) is 0 Å². The van der Waals surface area contributed by atoms with Crippen LogP contribution in [0.3, 0.4) is 0 Å². The van der Waals surface area contributed by atoms with Gasteiger partial charge < -0.3 is 4.98 Å². The summed E-state index contributed by atoms with van der Waals surface area (Å²) in [5.41, 5.74) is 2.62. The van der Waals surface area contributed by atoms with Gasteiger partial charge in [-0.2, -0.15) is 0 Å². The first kappa shape index (κ1) is 12.3. The zero-order valence-corrected chi connectivity index (χ0v) is 12.7. The highest BCUT2D eigenvalue weighted by Gasteiger charge is 2.09. The second kappa shape index (κ2) is 4.72. The summed E-state index contributed by atoms with van der Waals surface area (Å²) in [5, 5.41) is 1.16. The molecule has 18 heavy (non-hydrogen) atoms. The lowest BCUT2D eigenvalue weighted by Gasteiger charge is -1.95. The van der Waals surface area contributed by atoms with Gasteiger partial charge in [-0.05, 0) is 46.9 Å². The second-order valence-corrected chi connectivity index (χ2v) is 5.97. The number of benzene rings is 2. The van der Waals surface area contributed by atoms with Crippen LogP contribution in [0.4, 0.5) is 0 Å². The summed E-state index contributed by atoms with van der Waals surface area (Å²) in [7, 11) is 0. The minimum Gasteiger partial charge on any atom is -0.338 e. The standard InChI is InChI=1S/C13H7Cl2IN2/c14-8-5-10(15)12-11(6-8)17-13(18-12)7-1-3-9(16)4-2-7/h1-6H,(H,17,18). The molecule has 0 amide bonds. The minimum atomic E-state index is 0.561. The fourth-order valence-corrected chi connectivity index (χ4v) is 2.68. The molecule has 5 heteroatoms. The molecule has 2 aromatic carbocycles. The molecule has 1 aromatic heterocycles. The molecule has 0 fully saturated rings. The number of aromatic nitrogens is 2. The van der Waals surface area contributed by atoms with Gasteiger partial charge in [0.2, 0.25) is 0 Å². The maximum absolute atomic E-state index is 6.12. The van der Waals surface area contributed by atoms with Crippen molar-refractivity contribution in [3.05, 3.63) is 50.0 Å². The summed E-state index contributed by atoms with van der Waals surface area (Å²) in [4.78, 5) is 7.74. The van der Waals surface area contributed by atoms with E-state index in [0.717, 1.165) is 22.4 Å². The third-order valence-corrected chi connectivity index (χ3v) is 3.85. The summed E-state index contributed by atoms with van der Waals surface area (Å²) in [6, 6.07) is 11.6. The van der Waals surface area contributed by atoms with Crippen LogP contribution >= 0.6 is 45.8 Å². The van der Waals surface area contributed by atoms with Crippen molar-refractivity contribution >= 4 is 56.8 Å². The van der Waals surface area contributed by atoms with E-state index in [1.54, 1.807) is 6.07 Å². The molecule has 90 valence electrons. The Labute approximate surface area is 127 Å². The highest BCUT2D eigenvalue weighted by atomic mass is 127. The number of rotatable bonds is 1. The Morgan fingerprint density at radius 2 is 1.78 bits per heavy atom. The van der Waals surface area contributed by atoms with Crippen molar-refractivity contribution in [1.29, 1.82) is 0 Å². The van der Waals surface area contributed by atoms with E-state index in [-0.39, 0.29) is 0 Å². The van der Waals surface area contributed by atoms with Crippen molar-refractivity contribution in [1.82, 2.24) is 9.97 Å². The number of nitrogens with zero attached hydrogens (tertiary/aromatic N) is 1. The number of fused-ring (bicyclic) bond motifs is 1. The molecule has 0 aliphatic rings. The van der Waals surface area contributed by atoms with E-state index in [9.17, 15) is 0 Å². The van der Waals surface area contributed by atoms with Gasteiger partial charge in [-0.1, -0.05) is 35.3 Å². The van der Waals surface area contributed by atoms with Crippen LogP contribution < -0.4 is 0 Å². The molecule has 0 spiro atoms. The topological polar surface area (TPSA) is 28.7 Å². The molecule has 3 rings (SSSR count). The number of H-pyrrole nitrogens is 1. The fraction of sp³-hybridized carbons (Fsp3) is 0. The van der Waals surface area contributed by atoms with Crippen LogP contribution in [0.2, 0.25) is 10.0 Å². The Morgan fingerprint density at radius 1 is 1.06 bits per heavy atom. The van der Waals surface area contributed by atoms with Crippen LogP contribution in [0.15, 0.2) is 36.4 Å². The molecule has 3 aromatic rings. The molecule has 1 heterocycles. The Kier molecular flexibility index (Phi) is 3.21. The fourth-order valence-electron chi connectivity index (χ4n) is 1.79. The van der Waals surface area contributed by atoms with Crippen LogP contribution in [0.5, 0.6) is 0 Å². The molecule has 0 aliphatic heterocycles. The van der Waals surface area contributed by atoms with Crippen LogP contribution in [-0.4, -0.2) is 9.97 Å². The number of nitrogens with one attached hydrogen (secondary N) is 1. The molecular formula is C13H7Cl2IN2. The van der Waals surface area contributed by atoms with Crippen LogP contribution in [0.25, 0.3) is 22.4 Å². The molecule has 0 radical (unpaired) electrons. The van der Waals surface area contributed by atoms with Crippen molar-refractivity contribution in [2.24, 2.45) is 0 Å².